The first-order chi connectivity index (χ1) is 10.5. The van der Waals surface area contributed by atoms with Crippen molar-refractivity contribution in [3.63, 3.8) is 0 Å². The van der Waals surface area contributed by atoms with E-state index in [1.807, 2.05) is 19.1 Å². The second kappa shape index (κ2) is 7.02. The smallest absolute Gasteiger partial charge is 0.311 e. The number of carboxylic acids is 1. The molecular formula is C17H16F2O3. The van der Waals surface area contributed by atoms with Gasteiger partial charge in [-0.2, -0.15) is 0 Å². The van der Waals surface area contributed by atoms with Crippen LogP contribution in [-0.2, 0) is 4.79 Å². The van der Waals surface area contributed by atoms with Crippen LogP contribution in [0, 0.1) is 18.6 Å². The number of aliphatic carboxylic acids is 1. The first-order valence-corrected chi connectivity index (χ1v) is 6.84. The first-order valence-electron chi connectivity index (χ1n) is 6.84. The molecular weight excluding hydrogens is 290 g/mol. The quantitative estimate of drug-likeness (QED) is 0.880. The Morgan fingerprint density at radius 1 is 1.14 bits per heavy atom. The molecule has 2 aromatic carbocycles. The van der Waals surface area contributed by atoms with Crippen molar-refractivity contribution >= 4 is 5.97 Å². The molecule has 0 spiro atoms. The Labute approximate surface area is 127 Å². The summed E-state index contributed by atoms with van der Waals surface area (Å²) < 4.78 is 31.1. The van der Waals surface area contributed by atoms with Crippen molar-refractivity contribution in [2.45, 2.75) is 19.3 Å². The predicted octanol–water partition coefficient (Wildman–Crippen LogP) is 3.91. The molecule has 0 radical (unpaired) electrons. The van der Waals surface area contributed by atoms with Crippen LogP contribution in [0.3, 0.4) is 0 Å². The third-order valence-corrected chi connectivity index (χ3v) is 3.34. The Hall–Kier alpha value is -2.43. The number of rotatable bonds is 6. The summed E-state index contributed by atoms with van der Waals surface area (Å²) in [5, 5.41) is 9.31. The second-order valence-corrected chi connectivity index (χ2v) is 5.01. The zero-order valence-electron chi connectivity index (χ0n) is 12.1. The van der Waals surface area contributed by atoms with Gasteiger partial charge in [-0.1, -0.05) is 29.8 Å². The second-order valence-electron chi connectivity index (χ2n) is 5.01. The molecule has 1 unspecified atom stereocenters. The number of aryl methyl sites for hydroxylation is 1. The summed E-state index contributed by atoms with van der Waals surface area (Å²) in [5.74, 6) is -3.42. The van der Waals surface area contributed by atoms with Crippen molar-refractivity contribution in [3.8, 4) is 5.75 Å². The largest absolute Gasteiger partial charge is 0.493 e. The molecule has 0 heterocycles. The van der Waals surface area contributed by atoms with Crippen LogP contribution in [0.2, 0.25) is 0 Å². The topological polar surface area (TPSA) is 46.5 Å². The lowest BCUT2D eigenvalue weighted by Crippen LogP contribution is -2.15. The van der Waals surface area contributed by atoms with Crippen molar-refractivity contribution in [3.05, 3.63) is 65.2 Å². The van der Waals surface area contributed by atoms with E-state index in [1.165, 1.54) is 6.07 Å². The van der Waals surface area contributed by atoms with Crippen molar-refractivity contribution in [1.29, 1.82) is 0 Å². The highest BCUT2D eigenvalue weighted by molar-refractivity contribution is 5.76. The highest BCUT2D eigenvalue weighted by Gasteiger charge is 2.19. The fraction of sp³-hybridized carbons (Fsp3) is 0.235. The van der Waals surface area contributed by atoms with Gasteiger partial charge in [-0.05, 0) is 31.0 Å². The number of hydrogen-bond acceptors (Lipinski definition) is 2. The number of halogens is 2. The van der Waals surface area contributed by atoms with Crippen molar-refractivity contribution in [2.75, 3.05) is 6.61 Å². The molecule has 1 atom stereocenters. The van der Waals surface area contributed by atoms with E-state index in [-0.39, 0.29) is 18.8 Å². The molecule has 3 nitrogen and oxygen atoms in total. The summed E-state index contributed by atoms with van der Waals surface area (Å²) in [7, 11) is 0. The monoisotopic (exact) mass is 306 g/mol. The average molecular weight is 306 g/mol. The first kappa shape index (κ1) is 15.9. The molecule has 1 N–H and O–H groups in total. The molecule has 0 aromatic heterocycles. The van der Waals surface area contributed by atoms with Crippen LogP contribution >= 0.6 is 0 Å². The Bertz CT molecular complexity index is 653. The molecule has 0 aliphatic carbocycles. The molecule has 22 heavy (non-hydrogen) atoms. The summed E-state index contributed by atoms with van der Waals surface area (Å²) >= 11 is 0. The zero-order valence-corrected chi connectivity index (χ0v) is 12.1. The van der Waals surface area contributed by atoms with Gasteiger partial charge in [0, 0.05) is 6.07 Å². The maximum absolute atomic E-state index is 13.0. The summed E-state index contributed by atoms with van der Waals surface area (Å²) in [6, 6.07) is 10.5. The number of ether oxygens (including phenoxy) is 1. The molecule has 2 rings (SSSR count). The summed E-state index contributed by atoms with van der Waals surface area (Å²) in [5.41, 5.74) is 1.73. The summed E-state index contributed by atoms with van der Waals surface area (Å²) in [6.45, 7) is 2.02. The fourth-order valence-electron chi connectivity index (χ4n) is 2.09. The van der Waals surface area contributed by atoms with Crippen LogP contribution in [0.25, 0.3) is 0 Å². The lowest BCUT2D eigenvalue weighted by Gasteiger charge is -2.14. The predicted molar refractivity (Wildman–Crippen MR) is 78.0 cm³/mol. The minimum Gasteiger partial charge on any atom is -0.493 e. The van der Waals surface area contributed by atoms with Crippen LogP contribution < -0.4 is 4.74 Å². The molecule has 0 saturated heterocycles. The number of benzene rings is 2. The van der Waals surface area contributed by atoms with Gasteiger partial charge in [0.05, 0.1) is 12.5 Å². The molecule has 2 aromatic rings. The minimum atomic E-state index is -0.995. The van der Waals surface area contributed by atoms with Crippen LogP contribution in [-0.4, -0.2) is 17.7 Å². The summed E-state index contributed by atoms with van der Waals surface area (Å²) in [4.78, 5) is 11.4. The highest BCUT2D eigenvalue weighted by Crippen LogP contribution is 2.22. The number of carboxylic acid groups (broad SMARTS) is 1. The van der Waals surface area contributed by atoms with Gasteiger partial charge >= 0.3 is 5.97 Å². The molecule has 0 bridgehead atoms. The third kappa shape index (κ3) is 4.04. The van der Waals surface area contributed by atoms with E-state index in [0.717, 1.165) is 17.7 Å². The molecule has 0 aliphatic rings. The van der Waals surface area contributed by atoms with Gasteiger partial charge in [-0.25, -0.2) is 8.78 Å². The van der Waals surface area contributed by atoms with Gasteiger partial charge in [0.25, 0.3) is 0 Å². The molecule has 0 fully saturated rings. The van der Waals surface area contributed by atoms with Gasteiger partial charge in [0.2, 0.25) is 0 Å². The van der Waals surface area contributed by atoms with E-state index < -0.39 is 23.5 Å². The summed E-state index contributed by atoms with van der Waals surface area (Å²) in [6.07, 6.45) is 0.234. The van der Waals surface area contributed by atoms with Gasteiger partial charge in [-0.15, -0.1) is 0 Å². The normalized spacial score (nSPS) is 12.0. The maximum Gasteiger partial charge on any atom is 0.311 e. The number of carbonyl (C=O) groups is 1. The van der Waals surface area contributed by atoms with Crippen molar-refractivity contribution in [2.24, 2.45) is 0 Å². The van der Waals surface area contributed by atoms with E-state index in [4.69, 9.17) is 4.74 Å². The van der Waals surface area contributed by atoms with E-state index >= 15 is 0 Å². The molecule has 0 amide bonds. The van der Waals surface area contributed by atoms with Crippen LogP contribution in [0.15, 0.2) is 42.5 Å². The zero-order chi connectivity index (χ0) is 16.1. The third-order valence-electron chi connectivity index (χ3n) is 3.34. The molecule has 0 aliphatic heterocycles. The van der Waals surface area contributed by atoms with Gasteiger partial charge in [0.15, 0.2) is 11.6 Å². The Morgan fingerprint density at radius 2 is 1.82 bits per heavy atom. The lowest BCUT2D eigenvalue weighted by molar-refractivity contribution is -0.139. The highest BCUT2D eigenvalue weighted by atomic mass is 19.2. The Kier molecular flexibility index (Phi) is 5.09. The van der Waals surface area contributed by atoms with Gasteiger partial charge < -0.3 is 9.84 Å². The van der Waals surface area contributed by atoms with Crippen molar-refractivity contribution in [1.82, 2.24) is 0 Å². The van der Waals surface area contributed by atoms with E-state index in [9.17, 15) is 18.7 Å². The molecule has 5 heteroatoms. The molecule has 116 valence electrons. The minimum absolute atomic E-state index is 0.0932. The van der Waals surface area contributed by atoms with Crippen molar-refractivity contribution < 1.29 is 23.4 Å². The van der Waals surface area contributed by atoms with Crippen LogP contribution in [0.1, 0.15) is 23.5 Å². The van der Waals surface area contributed by atoms with E-state index in [1.54, 1.807) is 12.1 Å². The molecule has 0 saturated carbocycles. The average Bonchev–Trinajstić information content (AvgIpc) is 2.48. The van der Waals surface area contributed by atoms with E-state index in [0.29, 0.717) is 5.56 Å². The van der Waals surface area contributed by atoms with Crippen LogP contribution in [0.5, 0.6) is 5.75 Å². The Balaban J connectivity index is 1.99. The van der Waals surface area contributed by atoms with Gasteiger partial charge in [-0.3, -0.25) is 4.79 Å². The maximum atomic E-state index is 13.0. The Morgan fingerprint density at radius 3 is 2.41 bits per heavy atom. The SMILES string of the molecule is Cc1ccc(C(CCOc2ccc(F)c(F)c2)C(=O)O)cc1. The number of hydrogen-bond donors (Lipinski definition) is 1. The fourth-order valence-corrected chi connectivity index (χ4v) is 2.09. The lowest BCUT2D eigenvalue weighted by atomic mass is 9.95. The van der Waals surface area contributed by atoms with Crippen LogP contribution in [0.4, 0.5) is 8.78 Å². The van der Waals surface area contributed by atoms with E-state index in [2.05, 4.69) is 0 Å². The van der Waals surface area contributed by atoms with Gasteiger partial charge in [0.1, 0.15) is 5.75 Å². The standard InChI is InChI=1S/C17H16F2O3/c1-11-2-4-12(5-3-11)14(17(20)21)8-9-22-13-6-7-15(18)16(19)10-13/h2-7,10,14H,8-9H2,1H3,(H,20,21).